The molecule has 6 rings (SSSR count). The molecule has 0 amide bonds. The second-order valence-corrected chi connectivity index (χ2v) is 16.9. The average molecular weight is 487 g/mol. The van der Waals surface area contributed by atoms with E-state index in [0.29, 0.717) is 12.3 Å². The molecule has 4 aliphatic rings. The van der Waals surface area contributed by atoms with Gasteiger partial charge in [0.1, 0.15) is 14.3 Å². The Morgan fingerprint density at radius 3 is 1.24 bits per heavy atom. The average Bonchev–Trinajstić information content (AvgIpc) is 3.32. The minimum absolute atomic E-state index is 0.271. The van der Waals surface area contributed by atoms with Crippen LogP contribution in [0.25, 0.3) is 11.1 Å². The molecule has 34 heavy (non-hydrogen) atoms. The molecule has 4 heterocycles. The van der Waals surface area contributed by atoms with E-state index in [-0.39, 0.29) is 10.8 Å². The first kappa shape index (κ1) is 22.3. The zero-order valence-corrected chi connectivity index (χ0v) is 22.7. The molecule has 0 N–H and O–H groups in total. The van der Waals surface area contributed by atoms with Crippen molar-refractivity contribution in [3.63, 3.8) is 0 Å². The largest absolute Gasteiger partial charge is 0.314 e. The number of hydrogen-bond acceptors (Lipinski definition) is 2. The highest BCUT2D eigenvalue weighted by molar-refractivity contribution is 7.79. The van der Waals surface area contributed by atoms with E-state index in [1.54, 1.807) is 0 Å². The first-order chi connectivity index (χ1) is 16.0. The predicted molar refractivity (Wildman–Crippen MR) is 145 cm³/mol. The SMILES string of the molecule is CC1=C(C2=C(C)C3(C)CP2(=O)C(C)=C3c2ccccc2)P2(=O)CC1(C)C(c1ccccc1)=C2C. The topological polar surface area (TPSA) is 34.1 Å². The summed E-state index contributed by atoms with van der Waals surface area (Å²) in [4.78, 5) is 0. The smallest absolute Gasteiger partial charge is 0.141 e. The molecule has 2 aromatic rings. The van der Waals surface area contributed by atoms with Gasteiger partial charge in [-0.05, 0) is 60.6 Å². The van der Waals surface area contributed by atoms with E-state index in [2.05, 4.69) is 90.1 Å². The molecule has 4 heteroatoms. The van der Waals surface area contributed by atoms with E-state index in [4.69, 9.17) is 0 Å². The molecule has 0 aromatic heterocycles. The lowest BCUT2D eigenvalue weighted by molar-refractivity contribution is 0.574. The molecular weight excluding hydrogens is 454 g/mol. The van der Waals surface area contributed by atoms with Crippen molar-refractivity contribution in [2.75, 3.05) is 12.3 Å². The number of hydrogen-bond donors (Lipinski definition) is 0. The van der Waals surface area contributed by atoms with Crippen LogP contribution in [-0.4, -0.2) is 12.3 Å². The van der Waals surface area contributed by atoms with Crippen LogP contribution in [-0.2, 0) is 9.13 Å². The van der Waals surface area contributed by atoms with Crippen LogP contribution in [0.5, 0.6) is 0 Å². The van der Waals surface area contributed by atoms with E-state index in [9.17, 15) is 9.13 Å². The fourth-order valence-corrected chi connectivity index (χ4v) is 16.7. The van der Waals surface area contributed by atoms with E-state index >= 15 is 0 Å². The Balaban J connectivity index is 1.56. The zero-order valence-electron chi connectivity index (χ0n) is 20.9. The van der Waals surface area contributed by atoms with Crippen LogP contribution in [0, 0.1) is 10.8 Å². The van der Waals surface area contributed by atoms with Crippen molar-refractivity contribution in [1.29, 1.82) is 0 Å². The molecule has 0 aliphatic carbocycles. The lowest BCUT2D eigenvalue weighted by atomic mass is 9.73. The molecule has 0 radical (unpaired) electrons. The second-order valence-electron chi connectivity index (χ2n) is 11.1. The summed E-state index contributed by atoms with van der Waals surface area (Å²) in [5.41, 5.74) is 6.59. The van der Waals surface area contributed by atoms with E-state index in [0.717, 1.165) is 21.3 Å². The minimum atomic E-state index is -2.82. The van der Waals surface area contributed by atoms with Crippen LogP contribution in [0.4, 0.5) is 0 Å². The maximum Gasteiger partial charge on any atom is 0.141 e. The third-order valence-electron chi connectivity index (χ3n) is 9.43. The molecule has 0 saturated carbocycles. The van der Waals surface area contributed by atoms with Crippen molar-refractivity contribution in [3.05, 3.63) is 104 Å². The van der Waals surface area contributed by atoms with Crippen LogP contribution in [0.1, 0.15) is 52.7 Å². The van der Waals surface area contributed by atoms with E-state index in [1.165, 1.54) is 33.4 Å². The summed E-state index contributed by atoms with van der Waals surface area (Å²) < 4.78 is 29.8. The molecule has 0 spiro atoms. The molecule has 174 valence electrons. The first-order valence-electron chi connectivity index (χ1n) is 12.2. The summed E-state index contributed by atoms with van der Waals surface area (Å²) in [5, 5.41) is 3.96. The van der Waals surface area contributed by atoms with Crippen molar-refractivity contribution in [1.82, 2.24) is 0 Å². The molecule has 0 fully saturated rings. The van der Waals surface area contributed by atoms with Crippen molar-refractivity contribution in [3.8, 4) is 0 Å². The Bertz CT molecular complexity index is 1390. The van der Waals surface area contributed by atoms with Crippen molar-refractivity contribution < 1.29 is 9.13 Å². The Labute approximate surface area is 203 Å². The second kappa shape index (κ2) is 6.75. The van der Waals surface area contributed by atoms with E-state index in [1.807, 2.05) is 12.1 Å². The standard InChI is InChI=1S/C30H32O2P2/c1-19-27(33(31)17-29(19,5)25(21(33)3)23-13-9-7-10-14-23)28-20(2)30(6)18-34(28,32)22(4)26(30)24-15-11-8-12-16-24/h7-16H,17-18H2,1-6H3. The van der Waals surface area contributed by atoms with Crippen molar-refractivity contribution in [2.45, 2.75) is 41.5 Å². The summed E-state index contributed by atoms with van der Waals surface area (Å²) in [6.07, 6.45) is 1.28. The Morgan fingerprint density at radius 1 is 0.588 bits per heavy atom. The van der Waals surface area contributed by atoms with Gasteiger partial charge in [-0.3, -0.25) is 0 Å². The molecular formula is C30H32O2P2. The van der Waals surface area contributed by atoms with Gasteiger partial charge in [0, 0.05) is 33.8 Å². The predicted octanol–water partition coefficient (Wildman–Crippen LogP) is 9.19. The van der Waals surface area contributed by atoms with Gasteiger partial charge in [0.2, 0.25) is 0 Å². The summed E-state index contributed by atoms with van der Waals surface area (Å²) in [6, 6.07) is 20.8. The van der Waals surface area contributed by atoms with Crippen LogP contribution >= 0.6 is 14.3 Å². The highest BCUT2D eigenvalue weighted by atomic mass is 31.2. The van der Waals surface area contributed by atoms with Gasteiger partial charge in [0.25, 0.3) is 0 Å². The van der Waals surface area contributed by atoms with E-state index < -0.39 is 14.3 Å². The van der Waals surface area contributed by atoms with Crippen molar-refractivity contribution in [2.24, 2.45) is 10.8 Å². The highest BCUT2D eigenvalue weighted by Gasteiger charge is 2.64. The van der Waals surface area contributed by atoms with Crippen LogP contribution < -0.4 is 0 Å². The van der Waals surface area contributed by atoms with Gasteiger partial charge in [0.15, 0.2) is 0 Å². The lowest BCUT2D eigenvalue weighted by Crippen LogP contribution is -2.20. The lowest BCUT2D eigenvalue weighted by Gasteiger charge is -2.34. The van der Waals surface area contributed by atoms with Crippen LogP contribution in [0.2, 0.25) is 0 Å². The van der Waals surface area contributed by atoms with Gasteiger partial charge in [-0.15, -0.1) is 0 Å². The monoisotopic (exact) mass is 486 g/mol. The van der Waals surface area contributed by atoms with Crippen molar-refractivity contribution >= 4 is 25.4 Å². The van der Waals surface area contributed by atoms with Gasteiger partial charge in [-0.25, -0.2) is 0 Å². The van der Waals surface area contributed by atoms with Gasteiger partial charge < -0.3 is 9.13 Å². The molecule has 4 unspecified atom stereocenters. The molecule has 4 aliphatic heterocycles. The fraction of sp³-hybridized carbons (Fsp3) is 0.333. The van der Waals surface area contributed by atoms with Gasteiger partial charge >= 0.3 is 0 Å². The summed E-state index contributed by atoms with van der Waals surface area (Å²) in [5.74, 6) is 0. The quantitative estimate of drug-likeness (QED) is 0.405. The normalized spacial score (nSPS) is 36.5. The fourth-order valence-electron chi connectivity index (χ4n) is 7.58. The maximum absolute atomic E-state index is 14.9. The van der Waals surface area contributed by atoms with Gasteiger partial charge in [-0.1, -0.05) is 85.7 Å². The number of rotatable bonds is 3. The molecule has 2 nitrogen and oxygen atoms in total. The highest BCUT2D eigenvalue weighted by Crippen LogP contribution is 2.89. The maximum atomic E-state index is 14.9. The third kappa shape index (κ3) is 2.40. The number of benzene rings is 2. The summed E-state index contributed by atoms with van der Waals surface area (Å²) in [6.45, 7) is 12.9. The van der Waals surface area contributed by atoms with Gasteiger partial charge in [0.05, 0.1) is 0 Å². The Morgan fingerprint density at radius 2 is 0.912 bits per heavy atom. The molecule has 2 aromatic carbocycles. The zero-order chi connectivity index (χ0) is 24.3. The number of allylic oxidation sites excluding steroid dienone is 8. The summed E-state index contributed by atoms with van der Waals surface area (Å²) in [7, 11) is -5.64. The Kier molecular flexibility index (Phi) is 4.43. The molecule has 0 saturated heterocycles. The van der Waals surface area contributed by atoms with Gasteiger partial charge in [-0.2, -0.15) is 0 Å². The van der Waals surface area contributed by atoms with Crippen LogP contribution in [0.3, 0.4) is 0 Å². The minimum Gasteiger partial charge on any atom is -0.314 e. The summed E-state index contributed by atoms with van der Waals surface area (Å²) >= 11 is 0. The number of fused-ring (bicyclic) bond motifs is 4. The molecule has 4 bridgehead atoms. The first-order valence-corrected chi connectivity index (χ1v) is 16.0. The third-order valence-corrected chi connectivity index (χ3v) is 16.9. The van der Waals surface area contributed by atoms with Crippen LogP contribution in [0.15, 0.2) is 93.1 Å². The Hall–Kier alpha value is -2.14. The molecule has 4 atom stereocenters.